The summed E-state index contributed by atoms with van der Waals surface area (Å²) < 4.78 is 0. The minimum Gasteiger partial charge on any atom is -0.303 e. The summed E-state index contributed by atoms with van der Waals surface area (Å²) in [4.78, 5) is 21.1. The number of fused-ring (bicyclic) bond motifs is 2. The van der Waals surface area contributed by atoms with E-state index in [0.717, 1.165) is 31.8 Å². The third-order valence-corrected chi connectivity index (χ3v) is 3.27. The molecule has 0 spiro atoms. The molecule has 0 heterocycles. The van der Waals surface area contributed by atoms with Crippen LogP contribution in [0.4, 0.5) is 0 Å². The van der Waals surface area contributed by atoms with Gasteiger partial charge in [-0.3, -0.25) is 0 Å². The van der Waals surface area contributed by atoms with E-state index >= 15 is 0 Å². The van der Waals surface area contributed by atoms with Crippen LogP contribution in [0.25, 0.3) is 0 Å². The molecule has 2 aliphatic carbocycles. The van der Waals surface area contributed by atoms with Crippen molar-refractivity contribution in [3.8, 4) is 0 Å². The molecular weight excluding hydrogens is 140 g/mol. The fraction of sp³-hybridized carbons (Fsp3) is 0.778. The van der Waals surface area contributed by atoms with Crippen LogP contribution in [0.3, 0.4) is 0 Å². The first-order valence-corrected chi connectivity index (χ1v) is 4.25. The molecule has 0 aromatic rings. The molecule has 2 fully saturated rings. The molecule has 2 heteroatoms. The van der Waals surface area contributed by atoms with Gasteiger partial charge in [-0.2, -0.15) is 0 Å². The Morgan fingerprint density at radius 2 is 1.45 bits per heavy atom. The minimum atomic E-state index is 0.198. The molecule has 2 unspecified atom stereocenters. The smallest absolute Gasteiger partial charge is 0.123 e. The van der Waals surface area contributed by atoms with Gasteiger partial charge in [0.1, 0.15) is 12.6 Å². The van der Waals surface area contributed by atoms with Crippen LogP contribution in [-0.2, 0) is 9.59 Å². The van der Waals surface area contributed by atoms with Gasteiger partial charge >= 0.3 is 0 Å². The second-order valence-electron chi connectivity index (χ2n) is 3.84. The van der Waals surface area contributed by atoms with E-state index in [2.05, 4.69) is 0 Å². The van der Waals surface area contributed by atoms with Gasteiger partial charge in [0.05, 0.1) is 0 Å². The summed E-state index contributed by atoms with van der Waals surface area (Å²) in [5.74, 6) is 1.47. The Morgan fingerprint density at radius 3 is 1.82 bits per heavy atom. The summed E-state index contributed by atoms with van der Waals surface area (Å²) in [7, 11) is 0. The Morgan fingerprint density at radius 1 is 0.909 bits per heavy atom. The van der Waals surface area contributed by atoms with Crippen molar-refractivity contribution in [3.05, 3.63) is 0 Å². The molecule has 2 saturated carbocycles. The van der Waals surface area contributed by atoms with Gasteiger partial charge in [-0.15, -0.1) is 0 Å². The second-order valence-corrected chi connectivity index (χ2v) is 3.84. The molecule has 0 aromatic carbocycles. The molecule has 0 N–H and O–H groups in total. The van der Waals surface area contributed by atoms with Crippen molar-refractivity contribution < 1.29 is 9.59 Å². The minimum absolute atomic E-state index is 0.198. The van der Waals surface area contributed by atoms with E-state index < -0.39 is 0 Å². The SMILES string of the molecule is O=C[C@@H]1CC2CC1[C@@H](C=O)C2. The van der Waals surface area contributed by atoms with Gasteiger partial charge in [-0.25, -0.2) is 0 Å². The molecule has 0 aliphatic heterocycles. The van der Waals surface area contributed by atoms with E-state index in [1.54, 1.807) is 0 Å². The van der Waals surface area contributed by atoms with Gasteiger partial charge < -0.3 is 9.59 Å². The van der Waals surface area contributed by atoms with Crippen molar-refractivity contribution in [2.24, 2.45) is 23.7 Å². The molecule has 2 rings (SSSR count). The summed E-state index contributed by atoms with van der Waals surface area (Å²) in [5.41, 5.74) is 0. The summed E-state index contributed by atoms with van der Waals surface area (Å²) in [5, 5.41) is 0. The van der Waals surface area contributed by atoms with Crippen LogP contribution in [0, 0.1) is 23.7 Å². The molecule has 0 aromatic heterocycles. The van der Waals surface area contributed by atoms with E-state index in [0.29, 0.717) is 11.8 Å². The number of carbonyl (C=O) groups excluding carboxylic acids is 2. The van der Waals surface area contributed by atoms with Gasteiger partial charge in [0, 0.05) is 11.8 Å². The van der Waals surface area contributed by atoms with E-state index in [1.807, 2.05) is 0 Å². The molecule has 2 nitrogen and oxygen atoms in total. The van der Waals surface area contributed by atoms with E-state index in [4.69, 9.17) is 0 Å². The van der Waals surface area contributed by atoms with Crippen LogP contribution < -0.4 is 0 Å². The van der Waals surface area contributed by atoms with Crippen LogP contribution in [0.2, 0.25) is 0 Å². The molecule has 60 valence electrons. The Hall–Kier alpha value is -0.660. The lowest BCUT2D eigenvalue weighted by Gasteiger charge is -2.20. The first-order chi connectivity index (χ1) is 5.35. The Bertz CT molecular complexity index is 170. The topological polar surface area (TPSA) is 34.1 Å². The Kier molecular flexibility index (Phi) is 1.55. The maximum Gasteiger partial charge on any atom is 0.123 e. The largest absolute Gasteiger partial charge is 0.303 e. The van der Waals surface area contributed by atoms with Crippen molar-refractivity contribution in [3.63, 3.8) is 0 Å². The van der Waals surface area contributed by atoms with Crippen molar-refractivity contribution in [2.75, 3.05) is 0 Å². The normalized spacial score (nSPS) is 47.6. The molecule has 4 atom stereocenters. The maximum absolute atomic E-state index is 10.5. The van der Waals surface area contributed by atoms with E-state index in [9.17, 15) is 9.59 Å². The maximum atomic E-state index is 10.5. The number of rotatable bonds is 2. The van der Waals surface area contributed by atoms with Gasteiger partial charge in [-0.1, -0.05) is 0 Å². The zero-order chi connectivity index (χ0) is 7.84. The lowest BCUT2D eigenvalue weighted by atomic mass is 9.82. The van der Waals surface area contributed by atoms with E-state index in [-0.39, 0.29) is 11.8 Å². The van der Waals surface area contributed by atoms with Gasteiger partial charge in [0.2, 0.25) is 0 Å². The number of aldehydes is 2. The standard InChI is InChI=1S/C9H12O2/c10-4-7-1-6-2-8(5-11)9(7)3-6/h4-9H,1-3H2/t6?,7-,8+,9?. The molecule has 2 aliphatic rings. The van der Waals surface area contributed by atoms with Crippen molar-refractivity contribution in [1.82, 2.24) is 0 Å². The lowest BCUT2D eigenvalue weighted by molar-refractivity contribution is -0.116. The van der Waals surface area contributed by atoms with Gasteiger partial charge in [-0.05, 0) is 31.1 Å². The molecule has 11 heavy (non-hydrogen) atoms. The molecule has 0 amide bonds. The monoisotopic (exact) mass is 152 g/mol. The highest BCUT2D eigenvalue weighted by Crippen LogP contribution is 2.50. The molecule has 2 bridgehead atoms. The lowest BCUT2D eigenvalue weighted by Crippen LogP contribution is -2.21. The third-order valence-electron chi connectivity index (χ3n) is 3.27. The van der Waals surface area contributed by atoms with Crippen LogP contribution in [-0.4, -0.2) is 12.6 Å². The predicted molar refractivity (Wildman–Crippen MR) is 39.9 cm³/mol. The first-order valence-electron chi connectivity index (χ1n) is 4.25. The van der Waals surface area contributed by atoms with Crippen molar-refractivity contribution in [2.45, 2.75) is 19.3 Å². The van der Waals surface area contributed by atoms with Crippen LogP contribution in [0.1, 0.15) is 19.3 Å². The zero-order valence-electron chi connectivity index (χ0n) is 6.40. The number of carbonyl (C=O) groups is 2. The van der Waals surface area contributed by atoms with Crippen molar-refractivity contribution >= 4 is 12.6 Å². The van der Waals surface area contributed by atoms with Crippen LogP contribution in [0.15, 0.2) is 0 Å². The van der Waals surface area contributed by atoms with Crippen LogP contribution >= 0.6 is 0 Å². The van der Waals surface area contributed by atoms with Crippen molar-refractivity contribution in [1.29, 1.82) is 0 Å². The highest BCUT2D eigenvalue weighted by Gasteiger charge is 2.45. The molecule has 0 saturated heterocycles. The highest BCUT2D eigenvalue weighted by atomic mass is 16.1. The Balaban J connectivity index is 2.13. The fourth-order valence-electron chi connectivity index (χ4n) is 2.77. The Labute approximate surface area is 66.0 Å². The summed E-state index contributed by atoms with van der Waals surface area (Å²) in [6.45, 7) is 0. The molecule has 0 radical (unpaired) electrons. The van der Waals surface area contributed by atoms with Gasteiger partial charge in [0.15, 0.2) is 0 Å². The summed E-state index contributed by atoms with van der Waals surface area (Å²) in [6, 6.07) is 0. The quantitative estimate of drug-likeness (QED) is 0.554. The average molecular weight is 152 g/mol. The summed E-state index contributed by atoms with van der Waals surface area (Å²) in [6.07, 6.45) is 5.28. The third kappa shape index (κ3) is 0.924. The average Bonchev–Trinajstić information content (AvgIpc) is 2.60. The zero-order valence-corrected chi connectivity index (χ0v) is 6.40. The number of hydrogen-bond donors (Lipinski definition) is 0. The molecular formula is C9H12O2. The summed E-state index contributed by atoms with van der Waals surface area (Å²) >= 11 is 0. The van der Waals surface area contributed by atoms with E-state index in [1.165, 1.54) is 0 Å². The van der Waals surface area contributed by atoms with Crippen LogP contribution in [0.5, 0.6) is 0 Å². The fourth-order valence-corrected chi connectivity index (χ4v) is 2.77. The highest BCUT2D eigenvalue weighted by molar-refractivity contribution is 5.61. The second kappa shape index (κ2) is 2.43. The number of hydrogen-bond acceptors (Lipinski definition) is 2. The predicted octanol–water partition coefficient (Wildman–Crippen LogP) is 1.05. The first kappa shape index (κ1) is 7.01. The van der Waals surface area contributed by atoms with Gasteiger partial charge in [0.25, 0.3) is 0 Å².